The molecular weight excluding hydrogens is 320 g/mol. The van der Waals surface area contributed by atoms with Gasteiger partial charge in [-0.25, -0.2) is 9.97 Å². The third-order valence-electron chi connectivity index (χ3n) is 3.69. The number of hydrogen-bond donors (Lipinski definition) is 2. The van der Waals surface area contributed by atoms with Crippen LogP contribution in [0.3, 0.4) is 0 Å². The Balaban J connectivity index is 2.00. The molecule has 3 aromatic heterocycles. The van der Waals surface area contributed by atoms with Crippen molar-refractivity contribution in [2.75, 3.05) is 5.73 Å². The van der Waals surface area contributed by atoms with E-state index < -0.39 is 0 Å². The van der Waals surface area contributed by atoms with Gasteiger partial charge in [0.25, 0.3) is 0 Å². The fraction of sp³-hybridized carbons (Fsp3) is 0.0588. The number of thiazole rings is 1. The lowest BCUT2D eigenvalue weighted by Gasteiger charge is -2.05. The highest BCUT2D eigenvalue weighted by Gasteiger charge is 2.18. The van der Waals surface area contributed by atoms with Crippen molar-refractivity contribution < 1.29 is 0 Å². The first-order chi connectivity index (χ1) is 11.7. The number of benzene rings is 1. The summed E-state index contributed by atoms with van der Waals surface area (Å²) in [6.07, 6.45) is 1.70. The van der Waals surface area contributed by atoms with E-state index in [1.807, 2.05) is 31.2 Å². The molecule has 0 amide bonds. The largest absolute Gasteiger partial charge is 0.375 e. The van der Waals surface area contributed by atoms with Crippen LogP contribution in [0.4, 0.5) is 5.13 Å². The number of nitrogens with zero attached hydrogens (tertiary/aromatic N) is 4. The average molecular weight is 332 g/mol. The monoisotopic (exact) mass is 332 g/mol. The number of fused-ring (bicyclic) bond motifs is 1. The summed E-state index contributed by atoms with van der Waals surface area (Å²) in [5.41, 5.74) is 11.7. The first-order valence-corrected chi connectivity index (χ1v) is 8.05. The Morgan fingerprint density at radius 3 is 2.96 bits per heavy atom. The molecule has 0 spiro atoms. The molecule has 1 aromatic carbocycles. The van der Waals surface area contributed by atoms with Crippen LogP contribution in [0, 0.1) is 18.3 Å². The number of aromatic amines is 1. The molecule has 116 valence electrons. The molecule has 7 heteroatoms. The maximum atomic E-state index is 9.14. The van der Waals surface area contributed by atoms with Gasteiger partial charge in [0.15, 0.2) is 5.13 Å². The maximum absolute atomic E-state index is 9.14. The molecule has 0 fully saturated rings. The number of nitrogens with two attached hydrogens (primary N) is 1. The predicted octanol–water partition coefficient (Wildman–Crippen LogP) is 3.51. The van der Waals surface area contributed by atoms with Crippen LogP contribution in [0.2, 0.25) is 0 Å². The summed E-state index contributed by atoms with van der Waals surface area (Å²) in [5, 5.41) is 16.7. The molecule has 0 aliphatic heterocycles. The van der Waals surface area contributed by atoms with E-state index in [0.717, 1.165) is 38.4 Å². The minimum Gasteiger partial charge on any atom is -0.375 e. The van der Waals surface area contributed by atoms with Crippen LogP contribution in [-0.4, -0.2) is 20.2 Å². The fourth-order valence-corrected chi connectivity index (χ4v) is 3.57. The van der Waals surface area contributed by atoms with Gasteiger partial charge >= 0.3 is 0 Å². The van der Waals surface area contributed by atoms with Crippen molar-refractivity contribution >= 4 is 27.5 Å². The molecule has 0 bridgehead atoms. The summed E-state index contributed by atoms with van der Waals surface area (Å²) in [6, 6.07) is 11.5. The number of aryl methyl sites for hydroxylation is 1. The van der Waals surface area contributed by atoms with Crippen LogP contribution in [0.5, 0.6) is 0 Å². The molecule has 0 saturated heterocycles. The number of rotatable bonds is 2. The predicted molar refractivity (Wildman–Crippen MR) is 94.3 cm³/mol. The Kier molecular flexibility index (Phi) is 3.25. The Hall–Kier alpha value is -3.24. The van der Waals surface area contributed by atoms with Crippen LogP contribution < -0.4 is 5.73 Å². The molecule has 0 aliphatic carbocycles. The standard InChI is InChI=1S/C17H12N6S/c1-9-5-12(15-13(21-9)8-20-23-15)16-14(22-17(19)24-16)11-4-2-3-10(6-11)7-18/h2-6,8H,1H3,(H2,19,22)(H,20,23). The zero-order valence-corrected chi connectivity index (χ0v) is 13.6. The number of nitrogen functional groups attached to an aromatic ring is 1. The molecule has 24 heavy (non-hydrogen) atoms. The fourth-order valence-electron chi connectivity index (χ4n) is 2.70. The highest BCUT2D eigenvalue weighted by molar-refractivity contribution is 7.19. The third-order valence-corrected chi connectivity index (χ3v) is 4.61. The zero-order valence-electron chi connectivity index (χ0n) is 12.7. The van der Waals surface area contributed by atoms with E-state index in [4.69, 9.17) is 11.0 Å². The zero-order chi connectivity index (χ0) is 16.7. The molecular formula is C17H12N6S. The molecule has 6 nitrogen and oxygen atoms in total. The summed E-state index contributed by atoms with van der Waals surface area (Å²) in [7, 11) is 0. The van der Waals surface area contributed by atoms with E-state index in [0.29, 0.717) is 10.7 Å². The third kappa shape index (κ3) is 2.30. The van der Waals surface area contributed by atoms with E-state index in [-0.39, 0.29) is 0 Å². The number of H-pyrrole nitrogens is 1. The maximum Gasteiger partial charge on any atom is 0.181 e. The second-order valence-corrected chi connectivity index (χ2v) is 6.39. The number of nitriles is 1. The highest BCUT2D eigenvalue weighted by Crippen LogP contribution is 2.40. The minimum atomic E-state index is 0.476. The number of hydrogen-bond acceptors (Lipinski definition) is 6. The van der Waals surface area contributed by atoms with Gasteiger partial charge in [-0.3, -0.25) is 5.10 Å². The first-order valence-electron chi connectivity index (χ1n) is 7.23. The Morgan fingerprint density at radius 2 is 2.12 bits per heavy atom. The van der Waals surface area contributed by atoms with Gasteiger partial charge in [0, 0.05) is 16.8 Å². The van der Waals surface area contributed by atoms with Gasteiger partial charge in [0.05, 0.1) is 33.9 Å². The second-order valence-electron chi connectivity index (χ2n) is 5.36. The summed E-state index contributed by atoms with van der Waals surface area (Å²) < 4.78 is 0. The molecule has 4 aromatic rings. The molecule has 0 aliphatic rings. The lowest BCUT2D eigenvalue weighted by molar-refractivity contribution is 1.12. The Labute approximate surface area is 141 Å². The number of aromatic nitrogens is 4. The SMILES string of the molecule is Cc1cc(-c2sc(N)nc2-c2cccc(C#N)c2)c2[nH]ncc2n1. The van der Waals surface area contributed by atoms with Gasteiger partial charge in [0.1, 0.15) is 5.52 Å². The van der Waals surface area contributed by atoms with Crippen LogP contribution in [0.15, 0.2) is 36.5 Å². The van der Waals surface area contributed by atoms with Crippen molar-refractivity contribution in [3.8, 4) is 27.8 Å². The van der Waals surface area contributed by atoms with E-state index in [9.17, 15) is 0 Å². The van der Waals surface area contributed by atoms with Crippen LogP contribution >= 0.6 is 11.3 Å². The lowest BCUT2D eigenvalue weighted by Crippen LogP contribution is -1.89. The smallest absolute Gasteiger partial charge is 0.181 e. The van der Waals surface area contributed by atoms with E-state index >= 15 is 0 Å². The molecule has 0 radical (unpaired) electrons. The number of anilines is 1. The van der Waals surface area contributed by atoms with Gasteiger partial charge < -0.3 is 5.73 Å². The first kappa shape index (κ1) is 14.4. The average Bonchev–Trinajstić information content (AvgIpc) is 3.20. The van der Waals surface area contributed by atoms with Crippen LogP contribution in [0.25, 0.3) is 32.7 Å². The molecule has 0 unspecified atom stereocenters. The van der Waals surface area contributed by atoms with Gasteiger partial charge in [-0.05, 0) is 25.1 Å². The van der Waals surface area contributed by atoms with Crippen LogP contribution in [-0.2, 0) is 0 Å². The van der Waals surface area contributed by atoms with Crippen molar-refractivity contribution in [2.24, 2.45) is 0 Å². The molecule has 0 saturated carbocycles. The summed E-state index contributed by atoms with van der Waals surface area (Å²) in [6.45, 7) is 1.94. The topological polar surface area (TPSA) is 104 Å². The van der Waals surface area contributed by atoms with Crippen molar-refractivity contribution in [1.82, 2.24) is 20.2 Å². The van der Waals surface area contributed by atoms with Crippen molar-refractivity contribution in [3.05, 3.63) is 47.8 Å². The minimum absolute atomic E-state index is 0.476. The summed E-state index contributed by atoms with van der Waals surface area (Å²) in [5.74, 6) is 0. The molecule has 3 N–H and O–H groups in total. The van der Waals surface area contributed by atoms with E-state index in [1.165, 1.54) is 11.3 Å². The number of pyridine rings is 1. The molecule has 4 rings (SSSR count). The highest BCUT2D eigenvalue weighted by atomic mass is 32.1. The van der Waals surface area contributed by atoms with Crippen molar-refractivity contribution in [1.29, 1.82) is 5.26 Å². The Bertz CT molecular complexity index is 1100. The normalized spacial score (nSPS) is 10.8. The Morgan fingerprint density at radius 1 is 1.25 bits per heavy atom. The van der Waals surface area contributed by atoms with Gasteiger partial charge in [0.2, 0.25) is 0 Å². The van der Waals surface area contributed by atoms with E-state index in [1.54, 1.807) is 12.3 Å². The van der Waals surface area contributed by atoms with Crippen molar-refractivity contribution in [2.45, 2.75) is 6.92 Å². The summed E-state index contributed by atoms with van der Waals surface area (Å²) in [4.78, 5) is 9.89. The lowest BCUT2D eigenvalue weighted by atomic mass is 10.0. The van der Waals surface area contributed by atoms with Crippen molar-refractivity contribution in [3.63, 3.8) is 0 Å². The van der Waals surface area contributed by atoms with E-state index in [2.05, 4.69) is 26.2 Å². The molecule has 0 atom stereocenters. The van der Waals surface area contributed by atoms with Crippen LogP contribution in [0.1, 0.15) is 11.3 Å². The van der Waals surface area contributed by atoms with Gasteiger partial charge in [-0.1, -0.05) is 23.5 Å². The van der Waals surface area contributed by atoms with Gasteiger partial charge in [-0.2, -0.15) is 10.4 Å². The second kappa shape index (κ2) is 5.44. The van der Waals surface area contributed by atoms with Gasteiger partial charge in [-0.15, -0.1) is 0 Å². The summed E-state index contributed by atoms with van der Waals surface area (Å²) >= 11 is 1.41. The number of nitrogens with one attached hydrogen (secondary N) is 1. The molecule has 3 heterocycles. The quantitative estimate of drug-likeness (QED) is 0.584.